The fourth-order valence-corrected chi connectivity index (χ4v) is 8.04. The van der Waals surface area contributed by atoms with Crippen molar-refractivity contribution in [1.82, 2.24) is 9.29 Å². The molecule has 2 aromatic carbocycles. The number of methoxy groups -OCH3 is 1. The zero-order valence-electron chi connectivity index (χ0n) is 20.2. The van der Waals surface area contributed by atoms with Gasteiger partial charge in [-0.3, -0.25) is 9.59 Å². The van der Waals surface area contributed by atoms with E-state index >= 15 is 0 Å². The number of amides is 2. The van der Waals surface area contributed by atoms with Crippen LogP contribution in [0.4, 0.5) is 11.4 Å². The number of sulfonamides is 1. The fourth-order valence-electron chi connectivity index (χ4n) is 5.06. The van der Waals surface area contributed by atoms with Gasteiger partial charge in [-0.25, -0.2) is 13.4 Å². The van der Waals surface area contributed by atoms with Crippen molar-refractivity contribution in [1.29, 1.82) is 0 Å². The molecule has 0 aliphatic carbocycles. The van der Waals surface area contributed by atoms with Gasteiger partial charge in [0.05, 0.1) is 16.9 Å². The Morgan fingerprint density at radius 1 is 1.25 bits per heavy atom. The molecule has 3 heterocycles. The molecular formula is C25H28N4O5S2. The summed E-state index contributed by atoms with van der Waals surface area (Å²) in [5.41, 5.74) is 3.91. The van der Waals surface area contributed by atoms with Crippen LogP contribution in [0.3, 0.4) is 0 Å². The van der Waals surface area contributed by atoms with Gasteiger partial charge in [0.15, 0.2) is 4.21 Å². The van der Waals surface area contributed by atoms with Crippen molar-refractivity contribution in [3.8, 4) is 0 Å². The predicted octanol–water partition coefficient (Wildman–Crippen LogP) is 3.78. The van der Waals surface area contributed by atoms with Gasteiger partial charge in [0, 0.05) is 48.8 Å². The minimum Gasteiger partial charge on any atom is -0.385 e. The predicted molar refractivity (Wildman–Crippen MR) is 139 cm³/mol. The van der Waals surface area contributed by atoms with Crippen LogP contribution in [0.2, 0.25) is 0 Å². The Bertz CT molecular complexity index is 1440. The molecule has 9 nitrogen and oxygen atoms in total. The summed E-state index contributed by atoms with van der Waals surface area (Å²) in [6.45, 7) is 3.04. The monoisotopic (exact) mass is 528 g/mol. The number of anilines is 2. The topological polar surface area (TPSA) is 109 Å². The molecule has 1 fully saturated rings. The van der Waals surface area contributed by atoms with E-state index in [0.717, 1.165) is 34.2 Å². The van der Waals surface area contributed by atoms with E-state index in [-0.39, 0.29) is 22.6 Å². The molecule has 0 spiro atoms. The van der Waals surface area contributed by atoms with Crippen molar-refractivity contribution in [3.05, 3.63) is 47.1 Å². The lowest BCUT2D eigenvalue weighted by Crippen LogP contribution is -2.49. The van der Waals surface area contributed by atoms with E-state index in [1.807, 2.05) is 12.1 Å². The molecule has 1 aromatic heterocycles. The summed E-state index contributed by atoms with van der Waals surface area (Å²) in [6, 6.07) is 8.28. The summed E-state index contributed by atoms with van der Waals surface area (Å²) in [4.78, 5) is 32.4. The van der Waals surface area contributed by atoms with E-state index < -0.39 is 16.1 Å². The third-order valence-corrected chi connectivity index (χ3v) is 10.2. The second-order valence-corrected chi connectivity index (χ2v) is 11.9. The molecule has 0 radical (unpaired) electrons. The third kappa shape index (κ3) is 4.19. The summed E-state index contributed by atoms with van der Waals surface area (Å²) in [6.07, 6.45) is 2.61. The van der Waals surface area contributed by atoms with Crippen molar-refractivity contribution in [2.75, 3.05) is 37.0 Å². The maximum absolute atomic E-state index is 13.5. The quantitative estimate of drug-likeness (QED) is 0.446. The molecule has 2 amide bonds. The number of hydrogen-bond donors (Lipinski definition) is 1. The molecule has 36 heavy (non-hydrogen) atoms. The highest BCUT2D eigenvalue weighted by molar-refractivity contribution is 7.91. The van der Waals surface area contributed by atoms with Gasteiger partial charge in [-0.1, -0.05) is 18.6 Å². The van der Waals surface area contributed by atoms with Crippen molar-refractivity contribution >= 4 is 55.3 Å². The Balaban J connectivity index is 1.45. The highest BCUT2D eigenvalue weighted by Gasteiger charge is 2.39. The first kappa shape index (κ1) is 24.8. The summed E-state index contributed by atoms with van der Waals surface area (Å²) >= 11 is 1.07. The average Bonchev–Trinajstić information content (AvgIpc) is 3.44. The lowest BCUT2D eigenvalue weighted by molar-refractivity contribution is -0.120. The molecule has 0 saturated carbocycles. The molecule has 0 bridgehead atoms. The fraction of sp³-hybridized carbons (Fsp3) is 0.400. The summed E-state index contributed by atoms with van der Waals surface area (Å²) < 4.78 is 33.4. The highest BCUT2D eigenvalue weighted by Crippen LogP contribution is 2.41. The number of piperidine rings is 1. The van der Waals surface area contributed by atoms with E-state index in [0.29, 0.717) is 49.4 Å². The van der Waals surface area contributed by atoms with Crippen LogP contribution in [0.1, 0.15) is 41.7 Å². The Morgan fingerprint density at radius 2 is 2.08 bits per heavy atom. The molecule has 5 rings (SSSR count). The molecule has 11 heteroatoms. The highest BCUT2D eigenvalue weighted by atomic mass is 32.2. The van der Waals surface area contributed by atoms with Crippen molar-refractivity contribution in [2.24, 2.45) is 0 Å². The Hall–Kier alpha value is -2.86. The van der Waals surface area contributed by atoms with Crippen molar-refractivity contribution < 1.29 is 22.7 Å². The largest absolute Gasteiger partial charge is 0.385 e. The van der Waals surface area contributed by atoms with Gasteiger partial charge in [0.2, 0.25) is 5.91 Å². The van der Waals surface area contributed by atoms with Crippen LogP contribution in [0.25, 0.3) is 10.8 Å². The number of rotatable bonds is 8. The minimum atomic E-state index is -3.84. The molecular weight excluding hydrogens is 500 g/mol. The molecule has 1 N–H and O–H groups in total. The first-order valence-electron chi connectivity index (χ1n) is 11.9. The molecule has 2 aliphatic heterocycles. The van der Waals surface area contributed by atoms with Crippen LogP contribution in [-0.2, 0) is 19.6 Å². The van der Waals surface area contributed by atoms with Crippen LogP contribution < -0.4 is 10.2 Å². The molecule has 1 saturated heterocycles. The van der Waals surface area contributed by atoms with Gasteiger partial charge in [0.1, 0.15) is 6.04 Å². The molecule has 1 atom stereocenters. The van der Waals surface area contributed by atoms with Crippen molar-refractivity contribution in [3.63, 3.8) is 0 Å². The lowest BCUT2D eigenvalue weighted by atomic mass is 10.0. The van der Waals surface area contributed by atoms with Gasteiger partial charge < -0.3 is 15.0 Å². The van der Waals surface area contributed by atoms with Gasteiger partial charge in [-0.15, -0.1) is 11.3 Å². The first-order chi connectivity index (χ1) is 17.3. The Morgan fingerprint density at radius 3 is 2.83 bits per heavy atom. The first-order valence-corrected chi connectivity index (χ1v) is 14.3. The number of hydrogen-bond acceptors (Lipinski definition) is 7. The number of aryl methyl sites for hydroxylation is 1. The van der Waals surface area contributed by atoms with E-state index in [1.165, 1.54) is 9.82 Å². The van der Waals surface area contributed by atoms with E-state index in [9.17, 15) is 18.0 Å². The Labute approximate surface area is 214 Å². The zero-order chi connectivity index (χ0) is 25.4. The number of nitrogens with one attached hydrogen (secondary N) is 1. The lowest BCUT2D eigenvalue weighted by Gasteiger charge is -2.33. The number of ether oxygens (including phenoxy) is 1. The SMILES string of the molecule is COCCCN1C(=O)c2cccc3c(NC(=O)C4CCCCN4S(=O)(=O)c4scnc4C)ccc1c23. The normalized spacial score (nSPS) is 18.2. The standard InChI is InChI=1S/C25H28N4O5S2/c1-16-25(35-15-26-16)36(32,33)29-13-4-3-9-21(29)23(30)27-19-10-11-20-22-17(19)7-5-8-18(22)24(31)28(20)12-6-14-34-2/h5,7-8,10-11,15,21H,3-4,6,9,12-14H2,1-2H3,(H,27,30). The number of nitrogens with zero attached hydrogens (tertiary/aromatic N) is 3. The molecule has 1 unspecified atom stereocenters. The average molecular weight is 529 g/mol. The van der Waals surface area contributed by atoms with Crippen LogP contribution in [0.15, 0.2) is 40.1 Å². The molecule has 3 aromatic rings. The second-order valence-electron chi connectivity index (χ2n) is 9.01. The number of benzene rings is 2. The van der Waals surface area contributed by atoms with E-state index in [2.05, 4.69) is 10.3 Å². The number of aromatic nitrogens is 1. The smallest absolute Gasteiger partial charge is 0.258 e. The van der Waals surface area contributed by atoms with Crippen molar-refractivity contribution in [2.45, 2.75) is 42.9 Å². The summed E-state index contributed by atoms with van der Waals surface area (Å²) in [5.74, 6) is -0.443. The van der Waals surface area contributed by atoms with Crippen LogP contribution in [0, 0.1) is 6.92 Å². The van der Waals surface area contributed by atoms with Gasteiger partial charge >= 0.3 is 0 Å². The summed E-state index contributed by atoms with van der Waals surface area (Å²) in [7, 11) is -2.21. The maximum Gasteiger partial charge on any atom is 0.258 e. The number of thiazole rings is 1. The number of carbonyl (C=O) groups is 2. The van der Waals surface area contributed by atoms with E-state index in [4.69, 9.17) is 4.74 Å². The van der Waals surface area contributed by atoms with Crippen LogP contribution in [0.5, 0.6) is 0 Å². The third-order valence-electron chi connectivity index (χ3n) is 6.77. The second kappa shape index (κ2) is 9.89. The van der Waals surface area contributed by atoms with E-state index in [1.54, 1.807) is 37.1 Å². The van der Waals surface area contributed by atoms with Crippen LogP contribution >= 0.6 is 11.3 Å². The Kier molecular flexibility index (Phi) is 6.82. The van der Waals surface area contributed by atoms with Gasteiger partial charge in [-0.2, -0.15) is 4.31 Å². The summed E-state index contributed by atoms with van der Waals surface area (Å²) in [5, 5.41) is 4.53. The minimum absolute atomic E-state index is 0.0698. The molecule has 2 aliphatic rings. The maximum atomic E-state index is 13.5. The zero-order valence-corrected chi connectivity index (χ0v) is 21.8. The number of carbonyl (C=O) groups excluding carboxylic acids is 2. The molecule has 190 valence electrons. The van der Waals surface area contributed by atoms with Gasteiger partial charge in [-0.05, 0) is 44.4 Å². The van der Waals surface area contributed by atoms with Gasteiger partial charge in [0.25, 0.3) is 15.9 Å². The van der Waals surface area contributed by atoms with Crippen LogP contribution in [-0.4, -0.2) is 62.4 Å².